The summed E-state index contributed by atoms with van der Waals surface area (Å²) in [4.78, 5) is 12.7. The van der Waals surface area contributed by atoms with E-state index in [2.05, 4.69) is 16.0 Å². The molecule has 0 aliphatic carbocycles. The van der Waals surface area contributed by atoms with E-state index >= 15 is 0 Å². The summed E-state index contributed by atoms with van der Waals surface area (Å²) >= 11 is 0. The second-order valence-corrected chi connectivity index (χ2v) is 8.49. The second kappa shape index (κ2) is 8.49. The lowest BCUT2D eigenvalue weighted by molar-refractivity contribution is 0.0916. The summed E-state index contributed by atoms with van der Waals surface area (Å²) < 4.78 is 27.9. The number of amides is 1. The Kier molecular flexibility index (Phi) is 6.52. The number of anilines is 1. The van der Waals surface area contributed by atoms with Crippen LogP contribution in [0.3, 0.4) is 0 Å². The van der Waals surface area contributed by atoms with Crippen molar-refractivity contribution in [3.8, 4) is 12.3 Å². The van der Waals surface area contributed by atoms with E-state index in [0.29, 0.717) is 29.7 Å². The third kappa shape index (κ3) is 4.73. The minimum Gasteiger partial charge on any atom is -0.336 e. The van der Waals surface area contributed by atoms with Gasteiger partial charge in [0.2, 0.25) is 0 Å². The Morgan fingerprint density at radius 2 is 1.68 bits per heavy atom. The molecule has 0 saturated carbocycles. The molecule has 0 aromatic heterocycles. The summed E-state index contributed by atoms with van der Waals surface area (Å²) in [6.07, 6.45) is 6.83. The summed E-state index contributed by atoms with van der Waals surface area (Å²) in [6, 6.07) is 11.5. The van der Waals surface area contributed by atoms with Crippen LogP contribution in [-0.4, -0.2) is 19.9 Å². The van der Waals surface area contributed by atoms with Crippen molar-refractivity contribution in [3.05, 3.63) is 59.2 Å². The van der Waals surface area contributed by atoms with Crippen LogP contribution in [0.2, 0.25) is 0 Å². The molecule has 0 bridgehead atoms. The van der Waals surface area contributed by atoms with E-state index < -0.39 is 15.6 Å². The van der Waals surface area contributed by atoms with Crippen LogP contribution in [0, 0.1) is 26.2 Å². The maximum Gasteiger partial charge on any atom is 0.262 e. The molecule has 2 rings (SSSR count). The van der Waals surface area contributed by atoms with E-state index in [9.17, 15) is 13.2 Å². The fourth-order valence-corrected chi connectivity index (χ4v) is 4.24. The maximum atomic E-state index is 12.7. The molecular formula is C22H26N2O3S. The Morgan fingerprint density at radius 3 is 2.21 bits per heavy atom. The second-order valence-electron chi connectivity index (χ2n) is 6.84. The molecule has 5 nitrogen and oxygen atoms in total. The van der Waals surface area contributed by atoms with Gasteiger partial charge < -0.3 is 5.32 Å². The largest absolute Gasteiger partial charge is 0.336 e. The topological polar surface area (TPSA) is 75.3 Å². The lowest BCUT2D eigenvalue weighted by atomic mass is 9.93. The van der Waals surface area contributed by atoms with Gasteiger partial charge in [-0.25, -0.2) is 8.42 Å². The van der Waals surface area contributed by atoms with Crippen LogP contribution in [0.5, 0.6) is 0 Å². The summed E-state index contributed by atoms with van der Waals surface area (Å²) in [6.45, 7) is 7.44. The van der Waals surface area contributed by atoms with Gasteiger partial charge in [-0.3, -0.25) is 9.52 Å². The zero-order valence-corrected chi connectivity index (χ0v) is 17.5. The molecule has 0 unspecified atom stereocenters. The molecule has 148 valence electrons. The smallest absolute Gasteiger partial charge is 0.262 e. The molecule has 28 heavy (non-hydrogen) atoms. The molecule has 0 aliphatic heterocycles. The van der Waals surface area contributed by atoms with Crippen LogP contribution in [0.15, 0.2) is 47.4 Å². The lowest BCUT2D eigenvalue weighted by Gasteiger charge is -2.27. The highest BCUT2D eigenvalue weighted by atomic mass is 32.2. The molecule has 0 saturated heterocycles. The third-order valence-corrected chi connectivity index (χ3v) is 6.39. The van der Waals surface area contributed by atoms with Gasteiger partial charge in [-0.15, -0.1) is 6.42 Å². The zero-order chi connectivity index (χ0) is 20.9. The van der Waals surface area contributed by atoms with E-state index in [-0.39, 0.29) is 10.8 Å². The van der Waals surface area contributed by atoms with Gasteiger partial charge in [-0.05, 0) is 68.1 Å². The van der Waals surface area contributed by atoms with Crippen LogP contribution < -0.4 is 10.0 Å². The number of hydrogen-bond acceptors (Lipinski definition) is 3. The lowest BCUT2D eigenvalue weighted by Crippen LogP contribution is -2.46. The molecule has 6 heteroatoms. The van der Waals surface area contributed by atoms with Crippen molar-refractivity contribution in [3.63, 3.8) is 0 Å². The fourth-order valence-electron chi connectivity index (χ4n) is 2.85. The highest BCUT2D eigenvalue weighted by Crippen LogP contribution is 2.21. The van der Waals surface area contributed by atoms with Gasteiger partial charge in [0.15, 0.2) is 0 Å². The summed E-state index contributed by atoms with van der Waals surface area (Å²) in [5, 5.41) is 2.89. The molecule has 0 fully saturated rings. The van der Waals surface area contributed by atoms with Gasteiger partial charge in [0, 0.05) is 11.3 Å². The van der Waals surface area contributed by atoms with Crippen molar-refractivity contribution in [1.82, 2.24) is 5.32 Å². The molecule has 1 amide bonds. The third-order valence-electron chi connectivity index (χ3n) is 4.87. The SMILES string of the molecule is C#CC(CC)(CC)NC(=O)c1ccc(NS(=O)(=O)c2cc(C)ccc2C)cc1. The van der Waals surface area contributed by atoms with Crippen molar-refractivity contribution >= 4 is 21.6 Å². The highest BCUT2D eigenvalue weighted by Gasteiger charge is 2.26. The number of carbonyl (C=O) groups is 1. The Hall–Kier alpha value is -2.78. The molecule has 0 spiro atoms. The van der Waals surface area contributed by atoms with Crippen LogP contribution >= 0.6 is 0 Å². The van der Waals surface area contributed by atoms with Crippen LogP contribution in [-0.2, 0) is 10.0 Å². The first kappa shape index (κ1) is 21.5. The first-order chi connectivity index (χ1) is 13.2. The van der Waals surface area contributed by atoms with Gasteiger partial charge in [-0.1, -0.05) is 31.9 Å². The van der Waals surface area contributed by atoms with E-state index in [1.165, 1.54) is 0 Å². The number of carbonyl (C=O) groups excluding carboxylic acids is 1. The molecule has 0 aliphatic rings. The molecule has 0 heterocycles. The number of hydrogen-bond donors (Lipinski definition) is 2. The van der Waals surface area contributed by atoms with Gasteiger partial charge in [0.1, 0.15) is 5.54 Å². The van der Waals surface area contributed by atoms with Crippen molar-refractivity contribution in [2.45, 2.75) is 51.0 Å². The summed E-state index contributed by atoms with van der Waals surface area (Å²) in [5.41, 5.74) is 1.64. The number of rotatable bonds is 7. The summed E-state index contributed by atoms with van der Waals surface area (Å²) in [5.74, 6) is 2.38. The average molecular weight is 399 g/mol. The Labute approximate surface area is 167 Å². The number of sulfonamides is 1. The van der Waals surface area contributed by atoms with Crippen LogP contribution in [0.1, 0.15) is 48.2 Å². The molecule has 0 radical (unpaired) electrons. The maximum absolute atomic E-state index is 12.7. The monoisotopic (exact) mass is 398 g/mol. The Balaban J connectivity index is 2.20. The average Bonchev–Trinajstić information content (AvgIpc) is 2.68. The van der Waals surface area contributed by atoms with Crippen molar-refractivity contribution in [2.75, 3.05) is 4.72 Å². The van der Waals surface area contributed by atoms with E-state index in [4.69, 9.17) is 6.42 Å². The van der Waals surface area contributed by atoms with E-state index in [1.54, 1.807) is 43.3 Å². The Morgan fingerprint density at radius 1 is 1.07 bits per heavy atom. The first-order valence-corrected chi connectivity index (χ1v) is 10.6. The predicted molar refractivity (Wildman–Crippen MR) is 113 cm³/mol. The predicted octanol–water partition coefficient (Wildman–Crippen LogP) is 4.03. The Bertz CT molecular complexity index is 999. The van der Waals surface area contributed by atoms with E-state index in [1.807, 2.05) is 26.8 Å². The minimum atomic E-state index is -3.72. The van der Waals surface area contributed by atoms with Crippen molar-refractivity contribution in [2.24, 2.45) is 0 Å². The fraction of sp³-hybridized carbons (Fsp3) is 0.318. The van der Waals surface area contributed by atoms with Gasteiger partial charge in [0.05, 0.1) is 4.90 Å². The van der Waals surface area contributed by atoms with Gasteiger partial charge in [-0.2, -0.15) is 0 Å². The zero-order valence-electron chi connectivity index (χ0n) is 16.7. The number of aryl methyl sites for hydroxylation is 2. The molecule has 2 aromatic rings. The molecule has 2 N–H and O–H groups in total. The normalized spacial score (nSPS) is 11.5. The first-order valence-electron chi connectivity index (χ1n) is 9.17. The van der Waals surface area contributed by atoms with Crippen molar-refractivity contribution in [1.29, 1.82) is 0 Å². The van der Waals surface area contributed by atoms with Crippen LogP contribution in [0.25, 0.3) is 0 Å². The highest BCUT2D eigenvalue weighted by molar-refractivity contribution is 7.92. The van der Waals surface area contributed by atoms with Gasteiger partial charge >= 0.3 is 0 Å². The quantitative estimate of drug-likeness (QED) is 0.692. The van der Waals surface area contributed by atoms with Crippen LogP contribution in [0.4, 0.5) is 5.69 Å². The van der Waals surface area contributed by atoms with E-state index in [0.717, 1.165) is 5.56 Å². The minimum absolute atomic E-state index is 0.235. The number of terminal acetylenes is 1. The number of benzene rings is 2. The molecule has 0 atom stereocenters. The van der Waals surface area contributed by atoms with Crippen molar-refractivity contribution < 1.29 is 13.2 Å². The van der Waals surface area contributed by atoms with Gasteiger partial charge in [0.25, 0.3) is 15.9 Å². The summed E-state index contributed by atoms with van der Waals surface area (Å²) in [7, 11) is -3.72. The molecular weight excluding hydrogens is 372 g/mol. The standard InChI is InChI=1S/C22H26N2O3S/c1-6-22(7-2,8-3)23-21(25)18-11-13-19(14-12-18)24-28(26,27)20-15-16(4)9-10-17(20)5/h1,9-15,24H,7-8H2,2-5H3,(H,23,25). The molecule has 2 aromatic carbocycles. The number of nitrogens with one attached hydrogen (secondary N) is 2.